The largest absolute Gasteiger partial charge is 0.418 e. The fourth-order valence-electron chi connectivity index (χ4n) is 1.09. The Labute approximate surface area is 90.4 Å². The van der Waals surface area contributed by atoms with Crippen molar-refractivity contribution in [1.82, 2.24) is 0 Å². The van der Waals surface area contributed by atoms with Gasteiger partial charge in [0.15, 0.2) is 0 Å². The number of rotatable bonds is 2. The first-order valence-electron chi connectivity index (χ1n) is 4.55. The first-order chi connectivity index (χ1) is 7.32. The first-order valence-corrected chi connectivity index (χ1v) is 4.55. The van der Waals surface area contributed by atoms with Crippen molar-refractivity contribution in [3.8, 4) is 0 Å². The van der Waals surface area contributed by atoms with Crippen LogP contribution in [0.5, 0.6) is 0 Å². The van der Waals surface area contributed by atoms with Crippen LogP contribution in [0, 0.1) is 0 Å². The average molecular weight is 232 g/mol. The molecular formula is C10H11F3N2O. The lowest BCUT2D eigenvalue weighted by molar-refractivity contribution is -0.137. The summed E-state index contributed by atoms with van der Waals surface area (Å²) in [6.45, 7) is 1.39. The highest BCUT2D eigenvalue weighted by Crippen LogP contribution is 2.34. The molecule has 0 heterocycles. The Balaban J connectivity index is 3.01. The predicted molar refractivity (Wildman–Crippen MR) is 53.7 cm³/mol. The zero-order chi connectivity index (χ0) is 12.3. The normalized spacial score (nSPS) is 13.3. The maximum absolute atomic E-state index is 12.5. The summed E-state index contributed by atoms with van der Waals surface area (Å²) >= 11 is 0. The highest BCUT2D eigenvalue weighted by Gasteiger charge is 2.33. The van der Waals surface area contributed by atoms with Gasteiger partial charge in [-0.2, -0.15) is 13.2 Å². The summed E-state index contributed by atoms with van der Waals surface area (Å²) in [6.07, 6.45) is -4.50. The zero-order valence-corrected chi connectivity index (χ0v) is 8.51. The van der Waals surface area contributed by atoms with E-state index in [0.717, 1.165) is 6.07 Å². The van der Waals surface area contributed by atoms with Gasteiger partial charge in [-0.3, -0.25) is 4.79 Å². The zero-order valence-electron chi connectivity index (χ0n) is 8.51. The lowest BCUT2D eigenvalue weighted by Crippen LogP contribution is -2.33. The number of carbonyl (C=O) groups excluding carboxylic acids is 1. The van der Waals surface area contributed by atoms with Crippen LogP contribution in [0.4, 0.5) is 18.9 Å². The molecule has 0 saturated heterocycles. The number of amides is 1. The molecule has 0 spiro atoms. The van der Waals surface area contributed by atoms with Crippen LogP contribution in [-0.2, 0) is 11.0 Å². The van der Waals surface area contributed by atoms with Crippen molar-refractivity contribution in [3.05, 3.63) is 29.8 Å². The van der Waals surface area contributed by atoms with Crippen molar-refractivity contribution in [2.75, 3.05) is 5.32 Å². The lowest BCUT2D eigenvalue weighted by atomic mass is 10.1. The molecule has 0 fully saturated rings. The molecule has 0 radical (unpaired) electrons. The molecule has 1 amide bonds. The summed E-state index contributed by atoms with van der Waals surface area (Å²) in [5.74, 6) is -0.656. The van der Waals surface area contributed by atoms with E-state index in [2.05, 4.69) is 5.32 Å². The van der Waals surface area contributed by atoms with Crippen LogP contribution < -0.4 is 11.1 Å². The Morgan fingerprint density at radius 3 is 2.44 bits per heavy atom. The van der Waals surface area contributed by atoms with Crippen LogP contribution >= 0.6 is 0 Å². The first kappa shape index (κ1) is 12.5. The van der Waals surface area contributed by atoms with Gasteiger partial charge in [0, 0.05) is 0 Å². The highest BCUT2D eigenvalue weighted by molar-refractivity contribution is 5.95. The number of anilines is 1. The van der Waals surface area contributed by atoms with E-state index in [1.165, 1.54) is 25.1 Å². The third-order valence-electron chi connectivity index (χ3n) is 1.90. The Bertz CT molecular complexity index is 388. The van der Waals surface area contributed by atoms with Crippen molar-refractivity contribution < 1.29 is 18.0 Å². The number of hydrogen-bond acceptors (Lipinski definition) is 2. The molecule has 1 aromatic carbocycles. The molecule has 0 aliphatic heterocycles. The molecule has 0 saturated carbocycles. The molecule has 6 heteroatoms. The van der Waals surface area contributed by atoms with Gasteiger partial charge >= 0.3 is 6.18 Å². The van der Waals surface area contributed by atoms with E-state index < -0.39 is 23.7 Å². The molecule has 88 valence electrons. The molecule has 0 aliphatic rings. The number of hydrogen-bond donors (Lipinski definition) is 2. The summed E-state index contributed by atoms with van der Waals surface area (Å²) in [6, 6.07) is 3.89. The average Bonchev–Trinajstić information content (AvgIpc) is 2.16. The third kappa shape index (κ3) is 2.96. The van der Waals surface area contributed by atoms with Crippen LogP contribution in [0.2, 0.25) is 0 Å². The molecular weight excluding hydrogens is 221 g/mol. The maximum Gasteiger partial charge on any atom is 0.418 e. The predicted octanol–water partition coefficient (Wildman–Crippen LogP) is 1.99. The summed E-state index contributed by atoms with van der Waals surface area (Å²) in [4.78, 5) is 11.2. The van der Waals surface area contributed by atoms with Crippen LogP contribution in [0.25, 0.3) is 0 Å². The minimum atomic E-state index is -4.50. The SMILES string of the molecule is C[C@@H](N)C(=O)Nc1ccccc1C(F)(F)F. The van der Waals surface area contributed by atoms with E-state index in [0.29, 0.717) is 0 Å². The van der Waals surface area contributed by atoms with Crippen molar-refractivity contribution in [1.29, 1.82) is 0 Å². The monoisotopic (exact) mass is 232 g/mol. The number of nitrogens with two attached hydrogens (primary N) is 1. The van der Waals surface area contributed by atoms with E-state index in [9.17, 15) is 18.0 Å². The maximum atomic E-state index is 12.5. The van der Waals surface area contributed by atoms with Gasteiger partial charge in [-0.05, 0) is 19.1 Å². The van der Waals surface area contributed by atoms with Gasteiger partial charge in [0.1, 0.15) is 0 Å². The number of para-hydroxylation sites is 1. The Morgan fingerprint density at radius 1 is 1.38 bits per heavy atom. The minimum Gasteiger partial charge on any atom is -0.324 e. The Hall–Kier alpha value is -1.56. The quantitative estimate of drug-likeness (QED) is 0.819. The van der Waals surface area contributed by atoms with E-state index in [4.69, 9.17) is 5.73 Å². The molecule has 1 rings (SSSR count). The molecule has 1 atom stereocenters. The van der Waals surface area contributed by atoms with Crippen LogP contribution in [0.3, 0.4) is 0 Å². The van der Waals surface area contributed by atoms with E-state index in [-0.39, 0.29) is 5.69 Å². The molecule has 0 aliphatic carbocycles. The number of alkyl halides is 3. The lowest BCUT2D eigenvalue weighted by Gasteiger charge is -2.14. The second-order valence-electron chi connectivity index (χ2n) is 3.32. The van der Waals surface area contributed by atoms with E-state index >= 15 is 0 Å². The standard InChI is InChI=1S/C10H11F3N2O/c1-6(14)9(16)15-8-5-3-2-4-7(8)10(11,12)13/h2-6H,14H2,1H3,(H,15,16)/t6-/m1/s1. The van der Waals surface area contributed by atoms with Crippen LogP contribution in [0.1, 0.15) is 12.5 Å². The highest BCUT2D eigenvalue weighted by atomic mass is 19.4. The molecule has 0 bridgehead atoms. The topological polar surface area (TPSA) is 55.1 Å². The van der Waals surface area contributed by atoms with Gasteiger partial charge in [-0.1, -0.05) is 12.1 Å². The van der Waals surface area contributed by atoms with Crippen LogP contribution in [-0.4, -0.2) is 11.9 Å². The third-order valence-corrected chi connectivity index (χ3v) is 1.90. The van der Waals surface area contributed by atoms with E-state index in [1.807, 2.05) is 0 Å². The smallest absolute Gasteiger partial charge is 0.324 e. The molecule has 16 heavy (non-hydrogen) atoms. The summed E-state index contributed by atoms with van der Waals surface area (Å²) < 4.78 is 37.6. The number of nitrogens with one attached hydrogen (secondary N) is 1. The number of halogens is 3. The Morgan fingerprint density at radius 2 is 1.94 bits per heavy atom. The van der Waals surface area contributed by atoms with Gasteiger partial charge in [0.05, 0.1) is 17.3 Å². The minimum absolute atomic E-state index is 0.280. The van der Waals surface area contributed by atoms with Gasteiger partial charge in [-0.25, -0.2) is 0 Å². The molecule has 1 aromatic rings. The van der Waals surface area contributed by atoms with Crippen molar-refractivity contribution in [2.45, 2.75) is 19.1 Å². The van der Waals surface area contributed by atoms with Gasteiger partial charge < -0.3 is 11.1 Å². The molecule has 3 nitrogen and oxygen atoms in total. The number of benzene rings is 1. The van der Waals surface area contributed by atoms with Crippen molar-refractivity contribution in [2.24, 2.45) is 5.73 Å². The van der Waals surface area contributed by atoms with Crippen molar-refractivity contribution >= 4 is 11.6 Å². The fraction of sp³-hybridized carbons (Fsp3) is 0.300. The fourth-order valence-corrected chi connectivity index (χ4v) is 1.09. The van der Waals surface area contributed by atoms with Gasteiger partial charge in [-0.15, -0.1) is 0 Å². The summed E-state index contributed by atoms with van der Waals surface area (Å²) in [7, 11) is 0. The summed E-state index contributed by atoms with van der Waals surface area (Å²) in [5, 5.41) is 2.13. The number of carbonyl (C=O) groups is 1. The molecule has 0 aromatic heterocycles. The van der Waals surface area contributed by atoms with E-state index in [1.54, 1.807) is 0 Å². The summed E-state index contributed by atoms with van der Waals surface area (Å²) in [5.41, 5.74) is 4.08. The van der Waals surface area contributed by atoms with Crippen molar-refractivity contribution in [3.63, 3.8) is 0 Å². The van der Waals surface area contributed by atoms with Gasteiger partial charge in [0.25, 0.3) is 0 Å². The second kappa shape index (κ2) is 4.52. The second-order valence-corrected chi connectivity index (χ2v) is 3.32. The van der Waals surface area contributed by atoms with Crippen LogP contribution in [0.15, 0.2) is 24.3 Å². The molecule has 0 unspecified atom stereocenters. The molecule has 3 N–H and O–H groups in total. The van der Waals surface area contributed by atoms with Gasteiger partial charge in [0.2, 0.25) is 5.91 Å². The Kier molecular flexibility index (Phi) is 3.54.